The standard InChI is InChI=1S/C45H26FN5/c1-27-22-23-41-33(24-27)32-16-6-11-21-40(32)51(41)45-35(26-48)43(49-36-17-7-2-12-28(36)29-13-3-8-18-37(29)49)34(25-47)44(42(45)46)50-38-19-9-4-14-30(38)31-15-5-10-20-39(31)50/h2-24H,1H3. The summed E-state index contributed by atoms with van der Waals surface area (Å²) in [4.78, 5) is 0. The van der Waals surface area contributed by atoms with Gasteiger partial charge in [0.25, 0.3) is 0 Å². The van der Waals surface area contributed by atoms with Gasteiger partial charge in [-0.1, -0.05) is 103 Å². The maximum Gasteiger partial charge on any atom is 0.174 e. The van der Waals surface area contributed by atoms with Crippen LogP contribution in [0.4, 0.5) is 4.39 Å². The van der Waals surface area contributed by atoms with E-state index in [2.05, 4.69) is 18.2 Å². The molecule has 0 aliphatic carbocycles. The SMILES string of the molecule is Cc1ccc2c(c1)c1ccccc1n2-c1c(F)c(-n2c3ccccc3c3ccccc32)c(C#N)c(-n2c3ccccc3c3ccccc32)c1C#N. The molecule has 5 nitrogen and oxygen atoms in total. The predicted octanol–water partition coefficient (Wildman–Crippen LogP) is 11.2. The van der Waals surface area contributed by atoms with E-state index in [1.807, 2.05) is 154 Å². The molecule has 10 aromatic rings. The minimum atomic E-state index is -0.651. The fourth-order valence-corrected chi connectivity index (χ4v) is 8.19. The molecule has 0 spiro atoms. The molecule has 0 radical (unpaired) electrons. The molecule has 0 atom stereocenters. The molecular formula is C45H26FN5. The van der Waals surface area contributed by atoms with Crippen molar-refractivity contribution in [1.29, 1.82) is 10.5 Å². The number of nitriles is 2. The van der Waals surface area contributed by atoms with Crippen LogP contribution in [-0.4, -0.2) is 13.7 Å². The van der Waals surface area contributed by atoms with Gasteiger partial charge in [0.05, 0.1) is 38.8 Å². The van der Waals surface area contributed by atoms with E-state index >= 15 is 4.39 Å². The Morgan fingerprint density at radius 1 is 0.412 bits per heavy atom. The number of hydrogen-bond donors (Lipinski definition) is 0. The third-order valence-electron chi connectivity index (χ3n) is 10.2. The highest BCUT2D eigenvalue weighted by molar-refractivity contribution is 6.13. The van der Waals surface area contributed by atoms with E-state index in [9.17, 15) is 10.5 Å². The quantitative estimate of drug-likeness (QED) is 0.190. The van der Waals surface area contributed by atoms with Crippen molar-refractivity contribution < 1.29 is 4.39 Å². The Morgan fingerprint density at radius 3 is 1.10 bits per heavy atom. The smallest absolute Gasteiger partial charge is 0.174 e. The Kier molecular flexibility index (Phi) is 6.03. The summed E-state index contributed by atoms with van der Waals surface area (Å²) in [5.41, 5.74) is 6.43. The molecule has 3 heterocycles. The number of para-hydroxylation sites is 5. The summed E-state index contributed by atoms with van der Waals surface area (Å²) in [6.07, 6.45) is 0. The third kappa shape index (κ3) is 3.82. The first-order chi connectivity index (χ1) is 25.1. The Labute approximate surface area is 291 Å². The average Bonchev–Trinajstić information content (AvgIpc) is 3.80. The van der Waals surface area contributed by atoms with Gasteiger partial charge >= 0.3 is 0 Å². The first-order valence-electron chi connectivity index (χ1n) is 16.8. The zero-order valence-electron chi connectivity index (χ0n) is 27.4. The van der Waals surface area contributed by atoms with Crippen molar-refractivity contribution in [3.63, 3.8) is 0 Å². The second kappa shape index (κ2) is 10.7. The van der Waals surface area contributed by atoms with Crippen molar-refractivity contribution in [2.24, 2.45) is 0 Å². The van der Waals surface area contributed by atoms with Gasteiger partial charge in [0.15, 0.2) is 5.82 Å². The van der Waals surface area contributed by atoms with Gasteiger partial charge in [0, 0.05) is 32.3 Å². The summed E-state index contributed by atoms with van der Waals surface area (Å²) in [6, 6.07) is 50.5. The summed E-state index contributed by atoms with van der Waals surface area (Å²) in [7, 11) is 0. The lowest BCUT2D eigenvalue weighted by Crippen LogP contribution is -2.14. The molecule has 0 unspecified atom stereocenters. The highest BCUT2D eigenvalue weighted by Gasteiger charge is 2.32. The van der Waals surface area contributed by atoms with Crippen LogP contribution in [0, 0.1) is 35.4 Å². The summed E-state index contributed by atoms with van der Waals surface area (Å²) in [5, 5.41) is 28.3. The normalized spacial score (nSPS) is 11.7. The summed E-state index contributed by atoms with van der Waals surface area (Å²) in [5.74, 6) is -0.651. The monoisotopic (exact) mass is 655 g/mol. The molecule has 0 N–H and O–H groups in total. The zero-order valence-corrected chi connectivity index (χ0v) is 27.4. The Hall–Kier alpha value is -7.15. The van der Waals surface area contributed by atoms with Crippen LogP contribution in [0.1, 0.15) is 16.7 Å². The number of aromatic nitrogens is 3. The molecular weight excluding hydrogens is 630 g/mol. The van der Waals surface area contributed by atoms with Crippen LogP contribution in [0.25, 0.3) is 82.5 Å². The Balaban J connectivity index is 1.51. The highest BCUT2D eigenvalue weighted by atomic mass is 19.1. The minimum Gasteiger partial charge on any atom is -0.306 e. The van der Waals surface area contributed by atoms with E-state index in [0.29, 0.717) is 5.69 Å². The van der Waals surface area contributed by atoms with Crippen LogP contribution < -0.4 is 0 Å². The maximum absolute atomic E-state index is 18.4. The molecule has 238 valence electrons. The molecule has 0 aliphatic rings. The molecule has 3 aromatic heterocycles. The molecule has 51 heavy (non-hydrogen) atoms. The number of aryl methyl sites for hydroxylation is 1. The van der Waals surface area contributed by atoms with Gasteiger partial charge in [-0.2, -0.15) is 10.5 Å². The van der Waals surface area contributed by atoms with Crippen molar-refractivity contribution in [3.8, 4) is 29.2 Å². The van der Waals surface area contributed by atoms with Crippen LogP contribution in [0.15, 0.2) is 140 Å². The van der Waals surface area contributed by atoms with Crippen molar-refractivity contribution in [2.75, 3.05) is 0 Å². The molecule has 0 saturated carbocycles. The largest absolute Gasteiger partial charge is 0.306 e. The van der Waals surface area contributed by atoms with Gasteiger partial charge in [-0.05, 0) is 49.4 Å². The second-order valence-corrected chi connectivity index (χ2v) is 12.9. The van der Waals surface area contributed by atoms with Gasteiger partial charge in [0.2, 0.25) is 0 Å². The van der Waals surface area contributed by atoms with Crippen molar-refractivity contribution >= 4 is 65.4 Å². The minimum absolute atomic E-state index is 0.0717. The van der Waals surface area contributed by atoms with Crippen LogP contribution in [0.3, 0.4) is 0 Å². The number of halogens is 1. The van der Waals surface area contributed by atoms with Gasteiger partial charge in [-0.25, -0.2) is 4.39 Å². The van der Waals surface area contributed by atoms with Crippen LogP contribution in [0.2, 0.25) is 0 Å². The highest BCUT2D eigenvalue weighted by Crippen LogP contribution is 2.44. The number of fused-ring (bicyclic) bond motifs is 9. The number of benzene rings is 7. The Morgan fingerprint density at radius 2 is 0.725 bits per heavy atom. The van der Waals surface area contributed by atoms with Gasteiger partial charge < -0.3 is 13.7 Å². The van der Waals surface area contributed by atoms with Crippen LogP contribution in [-0.2, 0) is 0 Å². The molecule has 7 aromatic carbocycles. The third-order valence-corrected chi connectivity index (χ3v) is 10.2. The number of hydrogen-bond acceptors (Lipinski definition) is 2. The van der Waals surface area contributed by atoms with E-state index in [-0.39, 0.29) is 22.5 Å². The van der Waals surface area contributed by atoms with Crippen molar-refractivity contribution in [1.82, 2.24) is 13.7 Å². The van der Waals surface area contributed by atoms with E-state index < -0.39 is 5.82 Å². The lowest BCUT2D eigenvalue weighted by atomic mass is 10.0. The van der Waals surface area contributed by atoms with Crippen molar-refractivity contribution in [3.05, 3.63) is 162 Å². The second-order valence-electron chi connectivity index (χ2n) is 12.9. The van der Waals surface area contributed by atoms with E-state index in [0.717, 1.165) is 71.0 Å². The van der Waals surface area contributed by atoms with Gasteiger partial charge in [0.1, 0.15) is 34.6 Å². The molecule has 0 bridgehead atoms. The van der Waals surface area contributed by atoms with Crippen molar-refractivity contribution in [2.45, 2.75) is 6.92 Å². The van der Waals surface area contributed by atoms with Crippen LogP contribution >= 0.6 is 0 Å². The van der Waals surface area contributed by atoms with E-state index in [4.69, 9.17) is 0 Å². The summed E-state index contributed by atoms with van der Waals surface area (Å²) < 4.78 is 24.1. The molecule has 0 aliphatic heterocycles. The van der Waals surface area contributed by atoms with Gasteiger partial charge in [-0.3, -0.25) is 0 Å². The topological polar surface area (TPSA) is 62.4 Å². The first-order valence-corrected chi connectivity index (χ1v) is 16.8. The number of nitrogens with zero attached hydrogens (tertiary/aromatic N) is 5. The predicted molar refractivity (Wildman–Crippen MR) is 204 cm³/mol. The molecule has 10 rings (SSSR count). The molecule has 0 saturated heterocycles. The summed E-state index contributed by atoms with van der Waals surface area (Å²) >= 11 is 0. The molecule has 6 heteroatoms. The lowest BCUT2D eigenvalue weighted by molar-refractivity contribution is 0.612. The fourth-order valence-electron chi connectivity index (χ4n) is 8.19. The zero-order chi connectivity index (χ0) is 34.4. The van der Waals surface area contributed by atoms with Crippen LogP contribution in [0.5, 0.6) is 0 Å². The first kappa shape index (κ1) is 28.8. The Bertz CT molecular complexity index is 3090. The maximum atomic E-state index is 18.4. The van der Waals surface area contributed by atoms with E-state index in [1.165, 1.54) is 0 Å². The molecule has 0 amide bonds. The average molecular weight is 656 g/mol. The lowest BCUT2D eigenvalue weighted by Gasteiger charge is -2.22. The summed E-state index contributed by atoms with van der Waals surface area (Å²) in [6.45, 7) is 2.04. The fraction of sp³-hybridized carbons (Fsp3) is 0.0222. The number of rotatable bonds is 3. The molecule has 0 fully saturated rings. The van der Waals surface area contributed by atoms with E-state index in [1.54, 1.807) is 0 Å². The van der Waals surface area contributed by atoms with Gasteiger partial charge in [-0.15, -0.1) is 0 Å².